The lowest BCUT2D eigenvalue weighted by molar-refractivity contribution is -0.126. The third-order valence-corrected chi connectivity index (χ3v) is 4.79. The Labute approximate surface area is 139 Å². The number of nitrogens with one attached hydrogen (secondary N) is 2. The Balaban J connectivity index is 1.69. The molecule has 1 aromatic heterocycles. The van der Waals surface area contributed by atoms with Crippen molar-refractivity contribution in [3.8, 4) is 11.3 Å². The van der Waals surface area contributed by atoms with Gasteiger partial charge in [0.2, 0.25) is 11.8 Å². The first-order chi connectivity index (χ1) is 11.0. The summed E-state index contributed by atoms with van der Waals surface area (Å²) in [5.41, 5.74) is 4.34. The molecule has 1 saturated heterocycles. The molecule has 0 unspecified atom stereocenters. The van der Waals surface area contributed by atoms with Gasteiger partial charge in [0.25, 0.3) is 0 Å². The predicted octanol–water partition coefficient (Wildman–Crippen LogP) is 2.89. The van der Waals surface area contributed by atoms with Crippen LogP contribution in [-0.4, -0.2) is 23.3 Å². The molecule has 1 aromatic carbocycles. The number of rotatable bonds is 3. The number of carbonyl (C=O) groups excluding carboxylic acids is 2. The van der Waals surface area contributed by atoms with Gasteiger partial charge in [-0.1, -0.05) is 23.8 Å². The van der Waals surface area contributed by atoms with Crippen LogP contribution in [0.4, 0.5) is 5.13 Å². The maximum atomic E-state index is 12.2. The summed E-state index contributed by atoms with van der Waals surface area (Å²) >= 11 is 1.42. The normalized spacial score (nSPS) is 17.7. The summed E-state index contributed by atoms with van der Waals surface area (Å²) in [5.74, 6) is -0.242. The van der Waals surface area contributed by atoms with E-state index in [-0.39, 0.29) is 17.7 Å². The topological polar surface area (TPSA) is 71.1 Å². The minimum absolute atomic E-state index is 0.0143. The number of thiazole rings is 1. The number of hydrogen-bond donors (Lipinski definition) is 2. The summed E-state index contributed by atoms with van der Waals surface area (Å²) in [5, 5.41) is 8.14. The number of aryl methyl sites for hydroxylation is 2. The molecule has 0 radical (unpaired) electrons. The molecule has 0 saturated carbocycles. The van der Waals surface area contributed by atoms with Gasteiger partial charge in [0, 0.05) is 23.9 Å². The molecule has 1 aliphatic rings. The number of aromatic nitrogens is 1. The zero-order valence-electron chi connectivity index (χ0n) is 13.2. The summed E-state index contributed by atoms with van der Waals surface area (Å²) in [7, 11) is 0. The van der Waals surface area contributed by atoms with Crippen LogP contribution in [0.25, 0.3) is 11.3 Å². The van der Waals surface area contributed by atoms with Gasteiger partial charge >= 0.3 is 0 Å². The maximum absolute atomic E-state index is 12.2. The van der Waals surface area contributed by atoms with Crippen LogP contribution in [-0.2, 0) is 9.59 Å². The van der Waals surface area contributed by atoms with E-state index in [0.29, 0.717) is 24.5 Å². The minimum Gasteiger partial charge on any atom is -0.355 e. The Morgan fingerprint density at radius 2 is 2.22 bits per heavy atom. The van der Waals surface area contributed by atoms with Crippen LogP contribution < -0.4 is 10.6 Å². The molecule has 0 bridgehead atoms. The zero-order chi connectivity index (χ0) is 16.4. The second-order valence-electron chi connectivity index (χ2n) is 5.89. The Morgan fingerprint density at radius 1 is 1.39 bits per heavy atom. The van der Waals surface area contributed by atoms with E-state index in [0.717, 1.165) is 11.3 Å². The SMILES string of the molecule is Cc1ccc(-c2csc(NC(=O)[C@@H]3CCC(=O)NC3)n2)c(C)c1. The van der Waals surface area contributed by atoms with Crippen LogP contribution in [0.5, 0.6) is 0 Å². The molecule has 1 aliphatic heterocycles. The average molecular weight is 329 g/mol. The largest absolute Gasteiger partial charge is 0.355 e. The number of piperidine rings is 1. The fraction of sp³-hybridized carbons (Fsp3) is 0.353. The second kappa shape index (κ2) is 6.50. The number of anilines is 1. The lowest BCUT2D eigenvalue weighted by atomic mass is 9.98. The average Bonchev–Trinajstić information content (AvgIpc) is 2.96. The predicted molar refractivity (Wildman–Crippen MR) is 91.4 cm³/mol. The molecule has 1 fully saturated rings. The van der Waals surface area contributed by atoms with Gasteiger partial charge in [-0.25, -0.2) is 4.98 Å². The molecule has 0 spiro atoms. The van der Waals surface area contributed by atoms with Gasteiger partial charge < -0.3 is 10.6 Å². The fourth-order valence-electron chi connectivity index (χ4n) is 2.72. The molecular formula is C17H19N3O2S. The second-order valence-corrected chi connectivity index (χ2v) is 6.74. The molecule has 120 valence electrons. The molecule has 5 nitrogen and oxygen atoms in total. The van der Waals surface area contributed by atoms with Crippen molar-refractivity contribution >= 4 is 28.3 Å². The third-order valence-electron chi connectivity index (χ3n) is 4.03. The van der Waals surface area contributed by atoms with Crippen LogP contribution in [0.2, 0.25) is 0 Å². The Bertz CT molecular complexity index is 744. The van der Waals surface area contributed by atoms with E-state index >= 15 is 0 Å². The van der Waals surface area contributed by atoms with E-state index in [4.69, 9.17) is 0 Å². The van der Waals surface area contributed by atoms with E-state index in [9.17, 15) is 9.59 Å². The van der Waals surface area contributed by atoms with Crippen molar-refractivity contribution in [3.63, 3.8) is 0 Å². The molecule has 2 N–H and O–H groups in total. The standard InChI is InChI=1S/C17H19N3O2S/c1-10-3-5-13(11(2)7-10)14-9-23-17(19-14)20-16(22)12-4-6-15(21)18-8-12/h3,5,7,9,12H,4,6,8H2,1-2H3,(H,18,21)(H,19,20,22)/t12-/m1/s1. The Morgan fingerprint density at radius 3 is 2.91 bits per heavy atom. The smallest absolute Gasteiger partial charge is 0.231 e. The highest BCUT2D eigenvalue weighted by Gasteiger charge is 2.25. The first-order valence-corrected chi connectivity index (χ1v) is 8.51. The third kappa shape index (κ3) is 3.59. The lowest BCUT2D eigenvalue weighted by Gasteiger charge is -2.20. The Hall–Kier alpha value is -2.21. The highest BCUT2D eigenvalue weighted by Crippen LogP contribution is 2.28. The van der Waals surface area contributed by atoms with Gasteiger partial charge in [0.1, 0.15) is 0 Å². The Kier molecular flexibility index (Phi) is 4.43. The van der Waals surface area contributed by atoms with Crippen molar-refractivity contribution < 1.29 is 9.59 Å². The summed E-state index contributed by atoms with van der Waals surface area (Å²) in [4.78, 5) is 27.9. The highest BCUT2D eigenvalue weighted by molar-refractivity contribution is 7.14. The number of amides is 2. The molecule has 0 aliphatic carbocycles. The molecular weight excluding hydrogens is 310 g/mol. The fourth-order valence-corrected chi connectivity index (χ4v) is 3.43. The number of benzene rings is 1. The molecule has 3 rings (SSSR count). The molecule has 23 heavy (non-hydrogen) atoms. The number of hydrogen-bond acceptors (Lipinski definition) is 4. The summed E-state index contributed by atoms with van der Waals surface area (Å²) < 4.78 is 0. The number of nitrogens with zero attached hydrogens (tertiary/aromatic N) is 1. The van der Waals surface area contributed by atoms with Gasteiger partial charge in [-0.05, 0) is 25.8 Å². The van der Waals surface area contributed by atoms with Crippen LogP contribution in [0.15, 0.2) is 23.6 Å². The monoisotopic (exact) mass is 329 g/mol. The van der Waals surface area contributed by atoms with Crippen LogP contribution in [0.1, 0.15) is 24.0 Å². The van der Waals surface area contributed by atoms with Gasteiger partial charge in [-0.3, -0.25) is 9.59 Å². The lowest BCUT2D eigenvalue weighted by Crippen LogP contribution is -2.40. The van der Waals surface area contributed by atoms with E-state index < -0.39 is 0 Å². The van der Waals surface area contributed by atoms with Gasteiger partial charge in [0.05, 0.1) is 11.6 Å². The molecule has 2 aromatic rings. The molecule has 6 heteroatoms. The van der Waals surface area contributed by atoms with Crippen LogP contribution in [0, 0.1) is 19.8 Å². The summed E-state index contributed by atoms with van der Waals surface area (Å²) in [6.45, 7) is 4.52. The number of carbonyl (C=O) groups is 2. The zero-order valence-corrected chi connectivity index (χ0v) is 14.0. The first-order valence-electron chi connectivity index (χ1n) is 7.63. The van der Waals surface area contributed by atoms with E-state index in [2.05, 4.69) is 47.7 Å². The van der Waals surface area contributed by atoms with E-state index in [1.165, 1.54) is 22.5 Å². The van der Waals surface area contributed by atoms with Crippen molar-refractivity contribution in [1.29, 1.82) is 0 Å². The van der Waals surface area contributed by atoms with Crippen LogP contribution in [0.3, 0.4) is 0 Å². The highest BCUT2D eigenvalue weighted by atomic mass is 32.1. The molecule has 1 atom stereocenters. The van der Waals surface area contributed by atoms with E-state index in [1.54, 1.807) is 0 Å². The quantitative estimate of drug-likeness (QED) is 0.909. The van der Waals surface area contributed by atoms with Gasteiger partial charge in [-0.2, -0.15) is 0 Å². The van der Waals surface area contributed by atoms with Gasteiger partial charge in [-0.15, -0.1) is 11.3 Å². The molecule has 2 heterocycles. The molecule has 2 amide bonds. The van der Waals surface area contributed by atoms with Crippen molar-refractivity contribution in [1.82, 2.24) is 10.3 Å². The van der Waals surface area contributed by atoms with Gasteiger partial charge in [0.15, 0.2) is 5.13 Å². The van der Waals surface area contributed by atoms with Crippen LogP contribution >= 0.6 is 11.3 Å². The first kappa shape index (κ1) is 15.7. The van der Waals surface area contributed by atoms with Crippen molar-refractivity contribution in [2.24, 2.45) is 5.92 Å². The summed E-state index contributed by atoms with van der Waals surface area (Å²) in [6, 6.07) is 6.24. The van der Waals surface area contributed by atoms with Crippen molar-refractivity contribution in [2.45, 2.75) is 26.7 Å². The van der Waals surface area contributed by atoms with Crippen molar-refractivity contribution in [2.75, 3.05) is 11.9 Å². The van der Waals surface area contributed by atoms with E-state index in [1.807, 2.05) is 5.38 Å². The van der Waals surface area contributed by atoms with Crippen molar-refractivity contribution in [3.05, 3.63) is 34.7 Å². The minimum atomic E-state index is -0.179. The summed E-state index contributed by atoms with van der Waals surface area (Å²) in [6.07, 6.45) is 0.997. The maximum Gasteiger partial charge on any atom is 0.231 e.